The van der Waals surface area contributed by atoms with Crippen molar-refractivity contribution < 1.29 is 9.53 Å². The summed E-state index contributed by atoms with van der Waals surface area (Å²) >= 11 is 0. The van der Waals surface area contributed by atoms with E-state index in [2.05, 4.69) is 19.9 Å². The second-order valence-electron chi connectivity index (χ2n) is 6.40. The molecule has 0 spiro atoms. The number of fused-ring (bicyclic) bond motifs is 3. The normalized spacial score (nSPS) is 18.8. The summed E-state index contributed by atoms with van der Waals surface area (Å²) in [5, 5.41) is 0.929. The fourth-order valence-corrected chi connectivity index (χ4v) is 3.74. The maximum Gasteiger partial charge on any atom is 0.326 e. The molecule has 4 rings (SSSR count). The van der Waals surface area contributed by atoms with Crippen LogP contribution in [0.3, 0.4) is 0 Å². The van der Waals surface area contributed by atoms with Crippen LogP contribution in [0.5, 0.6) is 0 Å². The van der Waals surface area contributed by atoms with Gasteiger partial charge in [0, 0.05) is 18.1 Å². The molecule has 0 amide bonds. The van der Waals surface area contributed by atoms with Crippen molar-refractivity contribution in [3.63, 3.8) is 0 Å². The first-order chi connectivity index (χ1) is 12.2. The quantitative estimate of drug-likeness (QED) is 0.698. The van der Waals surface area contributed by atoms with Crippen molar-refractivity contribution in [2.75, 3.05) is 26.2 Å². The van der Waals surface area contributed by atoms with Crippen molar-refractivity contribution in [1.29, 1.82) is 0 Å². The van der Waals surface area contributed by atoms with Gasteiger partial charge in [-0.2, -0.15) is 0 Å². The number of aromatic nitrogens is 4. The van der Waals surface area contributed by atoms with Crippen LogP contribution in [-0.2, 0) is 9.53 Å². The number of nitrogens with one attached hydrogen (secondary N) is 2. The Morgan fingerprint density at radius 2 is 2.36 bits per heavy atom. The molecule has 1 saturated heterocycles. The van der Waals surface area contributed by atoms with E-state index in [4.69, 9.17) is 4.74 Å². The van der Waals surface area contributed by atoms with Crippen molar-refractivity contribution in [3.8, 4) is 0 Å². The van der Waals surface area contributed by atoms with Crippen LogP contribution in [0, 0.1) is 0 Å². The Labute approximate surface area is 143 Å². The SMILES string of the molecule is CCOC(=O)CN1CCCC(n2c(=O)[nH]c3cnc4[nH]ccc4c32)C1. The molecule has 1 aliphatic heterocycles. The van der Waals surface area contributed by atoms with Gasteiger partial charge in [0.15, 0.2) is 0 Å². The van der Waals surface area contributed by atoms with Crippen molar-refractivity contribution in [2.24, 2.45) is 0 Å². The van der Waals surface area contributed by atoms with E-state index in [0.717, 1.165) is 41.5 Å². The molecule has 25 heavy (non-hydrogen) atoms. The van der Waals surface area contributed by atoms with Gasteiger partial charge in [-0.3, -0.25) is 14.3 Å². The Morgan fingerprint density at radius 1 is 1.48 bits per heavy atom. The number of piperidine rings is 1. The molecular weight excluding hydrogens is 322 g/mol. The van der Waals surface area contributed by atoms with Crippen LogP contribution < -0.4 is 5.69 Å². The number of pyridine rings is 1. The third-order valence-electron chi connectivity index (χ3n) is 4.76. The molecule has 1 aliphatic rings. The summed E-state index contributed by atoms with van der Waals surface area (Å²) in [7, 11) is 0. The number of H-pyrrole nitrogens is 2. The van der Waals surface area contributed by atoms with Crippen molar-refractivity contribution in [1.82, 2.24) is 24.4 Å². The highest BCUT2D eigenvalue weighted by atomic mass is 16.5. The van der Waals surface area contributed by atoms with Gasteiger partial charge in [-0.05, 0) is 32.4 Å². The maximum absolute atomic E-state index is 12.6. The molecule has 0 radical (unpaired) electrons. The molecule has 3 aromatic rings. The Kier molecular flexibility index (Phi) is 4.04. The molecule has 1 atom stereocenters. The van der Waals surface area contributed by atoms with E-state index in [1.54, 1.807) is 13.1 Å². The van der Waals surface area contributed by atoms with Gasteiger partial charge in [0.25, 0.3) is 0 Å². The van der Waals surface area contributed by atoms with E-state index in [1.807, 2.05) is 16.8 Å². The Morgan fingerprint density at radius 3 is 3.20 bits per heavy atom. The van der Waals surface area contributed by atoms with Crippen LogP contribution in [0.4, 0.5) is 0 Å². The Hall–Kier alpha value is -2.61. The third kappa shape index (κ3) is 2.82. The lowest BCUT2D eigenvalue weighted by atomic mass is 10.1. The molecule has 0 aromatic carbocycles. The predicted molar refractivity (Wildman–Crippen MR) is 93.6 cm³/mol. The molecule has 1 fully saturated rings. The zero-order chi connectivity index (χ0) is 17.4. The number of nitrogens with zero attached hydrogens (tertiary/aromatic N) is 3. The number of likely N-dealkylation sites (tertiary alicyclic amines) is 1. The number of esters is 1. The van der Waals surface area contributed by atoms with Crippen LogP contribution in [0.25, 0.3) is 22.1 Å². The van der Waals surface area contributed by atoms with Gasteiger partial charge in [-0.15, -0.1) is 0 Å². The molecule has 132 valence electrons. The van der Waals surface area contributed by atoms with E-state index < -0.39 is 0 Å². The molecule has 0 bridgehead atoms. The van der Waals surface area contributed by atoms with E-state index >= 15 is 0 Å². The van der Waals surface area contributed by atoms with Gasteiger partial charge in [0.05, 0.1) is 36.4 Å². The number of hydrogen-bond donors (Lipinski definition) is 2. The molecular formula is C17H21N5O3. The van der Waals surface area contributed by atoms with Gasteiger partial charge >= 0.3 is 11.7 Å². The lowest BCUT2D eigenvalue weighted by Gasteiger charge is -2.32. The number of ether oxygens (including phenoxy) is 1. The number of rotatable bonds is 4. The lowest BCUT2D eigenvalue weighted by Crippen LogP contribution is -2.42. The largest absolute Gasteiger partial charge is 0.465 e. The van der Waals surface area contributed by atoms with Gasteiger partial charge in [-0.25, -0.2) is 9.78 Å². The minimum Gasteiger partial charge on any atom is -0.465 e. The molecule has 8 heteroatoms. The van der Waals surface area contributed by atoms with Crippen LogP contribution in [-0.4, -0.2) is 56.6 Å². The second-order valence-corrected chi connectivity index (χ2v) is 6.40. The van der Waals surface area contributed by atoms with Gasteiger partial charge < -0.3 is 14.7 Å². The second kappa shape index (κ2) is 6.36. The minimum absolute atomic E-state index is 0.0185. The zero-order valence-electron chi connectivity index (χ0n) is 14.1. The Balaban J connectivity index is 1.69. The fourth-order valence-electron chi connectivity index (χ4n) is 3.74. The molecule has 4 heterocycles. The molecule has 2 N–H and O–H groups in total. The summed E-state index contributed by atoms with van der Waals surface area (Å²) in [6.07, 6.45) is 5.35. The zero-order valence-corrected chi connectivity index (χ0v) is 14.1. The molecule has 0 aliphatic carbocycles. The highest BCUT2D eigenvalue weighted by Gasteiger charge is 2.26. The summed E-state index contributed by atoms with van der Waals surface area (Å²) in [5.74, 6) is -0.216. The highest BCUT2D eigenvalue weighted by Crippen LogP contribution is 2.27. The summed E-state index contributed by atoms with van der Waals surface area (Å²) < 4.78 is 6.87. The predicted octanol–water partition coefficient (Wildman–Crippen LogP) is 1.41. The first kappa shape index (κ1) is 15.9. The average molecular weight is 343 g/mol. The molecule has 8 nitrogen and oxygen atoms in total. The van der Waals surface area contributed by atoms with E-state index in [9.17, 15) is 9.59 Å². The average Bonchev–Trinajstić information content (AvgIpc) is 3.18. The molecule has 0 saturated carbocycles. The topological polar surface area (TPSA) is 96.0 Å². The maximum atomic E-state index is 12.6. The minimum atomic E-state index is -0.216. The third-order valence-corrected chi connectivity index (χ3v) is 4.76. The van der Waals surface area contributed by atoms with E-state index in [1.165, 1.54) is 0 Å². The first-order valence-electron chi connectivity index (χ1n) is 8.61. The molecule has 3 aromatic heterocycles. The van der Waals surface area contributed by atoms with Crippen LogP contribution in [0.1, 0.15) is 25.8 Å². The fraction of sp³-hybridized carbons (Fsp3) is 0.471. The Bertz CT molecular complexity index is 970. The van der Waals surface area contributed by atoms with E-state index in [0.29, 0.717) is 13.2 Å². The number of hydrogen-bond acceptors (Lipinski definition) is 5. The van der Waals surface area contributed by atoms with Crippen molar-refractivity contribution in [2.45, 2.75) is 25.8 Å². The number of aromatic amines is 2. The first-order valence-corrected chi connectivity index (χ1v) is 8.61. The summed E-state index contributed by atoms with van der Waals surface area (Å²) in [6.45, 7) is 3.95. The highest BCUT2D eigenvalue weighted by molar-refractivity contribution is 6.00. The standard InChI is InChI=1S/C17H21N5O3/c1-2-25-14(23)10-21-7-3-4-11(9-21)22-15-12-5-6-18-16(12)19-8-13(15)20-17(22)24/h5-6,8,11H,2-4,7,9-10H2,1H3,(H,18,19)(H,20,24). The van der Waals surface area contributed by atoms with Crippen LogP contribution in [0.2, 0.25) is 0 Å². The van der Waals surface area contributed by atoms with Gasteiger partial charge in [0.1, 0.15) is 5.65 Å². The van der Waals surface area contributed by atoms with Crippen molar-refractivity contribution in [3.05, 3.63) is 28.9 Å². The summed E-state index contributed by atoms with van der Waals surface area (Å²) in [5.41, 5.74) is 2.24. The van der Waals surface area contributed by atoms with Gasteiger partial charge in [0.2, 0.25) is 0 Å². The van der Waals surface area contributed by atoms with Crippen LogP contribution in [0.15, 0.2) is 23.3 Å². The molecule has 1 unspecified atom stereocenters. The lowest BCUT2D eigenvalue weighted by molar-refractivity contribution is -0.144. The smallest absolute Gasteiger partial charge is 0.326 e. The summed E-state index contributed by atoms with van der Waals surface area (Å²) in [6, 6.07) is 1.96. The van der Waals surface area contributed by atoms with Gasteiger partial charge in [-0.1, -0.05) is 0 Å². The summed E-state index contributed by atoms with van der Waals surface area (Å²) in [4.78, 5) is 36.8. The number of imidazole rings is 1. The monoisotopic (exact) mass is 343 g/mol. The van der Waals surface area contributed by atoms with Crippen molar-refractivity contribution >= 4 is 28.0 Å². The number of carbonyl (C=O) groups is 1. The van der Waals surface area contributed by atoms with E-state index in [-0.39, 0.29) is 24.2 Å². The number of carbonyl (C=O) groups excluding carboxylic acids is 1. The van der Waals surface area contributed by atoms with Crippen LogP contribution >= 0.6 is 0 Å².